The molecule has 0 fully saturated rings. The summed E-state index contributed by atoms with van der Waals surface area (Å²) in [5.74, 6) is 0. The molecule has 0 saturated carbocycles. The lowest BCUT2D eigenvalue weighted by Gasteiger charge is -2.00. The van der Waals surface area contributed by atoms with Crippen molar-refractivity contribution < 1.29 is 0 Å². The lowest BCUT2D eigenvalue weighted by molar-refractivity contribution is 1.65. The summed E-state index contributed by atoms with van der Waals surface area (Å²) in [7, 11) is 0. The van der Waals surface area contributed by atoms with Crippen molar-refractivity contribution in [1.29, 1.82) is 0 Å². The van der Waals surface area contributed by atoms with Gasteiger partial charge in [0.05, 0.1) is 0 Å². The predicted molar refractivity (Wildman–Crippen MR) is 58.2 cm³/mol. The highest BCUT2D eigenvalue weighted by molar-refractivity contribution is 9.13. The molecule has 2 rings (SSSR count). The maximum Gasteiger partial charge on any atom is 0.0396 e. The average Bonchev–Trinajstić information content (AvgIpc) is 2.12. The van der Waals surface area contributed by atoms with E-state index in [-0.39, 0.29) is 0 Å². The molecule has 12 heavy (non-hydrogen) atoms. The highest BCUT2D eigenvalue weighted by Crippen LogP contribution is 2.30. The number of rotatable bonds is 0. The third-order valence-corrected chi connectivity index (χ3v) is 3.78. The molecule has 0 aliphatic rings. The summed E-state index contributed by atoms with van der Waals surface area (Å²) < 4.78 is 2.17. The molecule has 0 amide bonds. The molecule has 0 nitrogen and oxygen atoms in total. The summed E-state index contributed by atoms with van der Waals surface area (Å²) in [6.45, 7) is 0. The van der Waals surface area contributed by atoms with Gasteiger partial charge in [-0.05, 0) is 54.8 Å². The Morgan fingerprint density at radius 3 is 2.75 bits per heavy atom. The maximum absolute atomic E-state index is 3.51. The van der Waals surface area contributed by atoms with Crippen molar-refractivity contribution in [2.24, 2.45) is 0 Å². The summed E-state index contributed by atoms with van der Waals surface area (Å²) in [5.41, 5.74) is 0. The van der Waals surface area contributed by atoms with Crippen LogP contribution in [0.15, 0.2) is 39.3 Å². The van der Waals surface area contributed by atoms with E-state index in [0.29, 0.717) is 0 Å². The molecule has 0 saturated heterocycles. The molecule has 2 heteroatoms. The van der Waals surface area contributed by atoms with Crippen LogP contribution in [0.1, 0.15) is 0 Å². The van der Waals surface area contributed by atoms with Gasteiger partial charge >= 0.3 is 0 Å². The van der Waals surface area contributed by atoms with Crippen LogP contribution < -0.4 is 0 Å². The Labute approximate surface area is 87.8 Å². The van der Waals surface area contributed by atoms with Crippen LogP contribution in [0, 0.1) is 6.07 Å². The van der Waals surface area contributed by atoms with Gasteiger partial charge in [-0.1, -0.05) is 24.3 Å². The molecule has 1 radical (unpaired) electrons. The van der Waals surface area contributed by atoms with E-state index in [9.17, 15) is 0 Å². The second-order valence-electron chi connectivity index (χ2n) is 2.49. The van der Waals surface area contributed by atoms with E-state index in [1.807, 2.05) is 24.3 Å². The van der Waals surface area contributed by atoms with Crippen LogP contribution in [0.2, 0.25) is 0 Å². The van der Waals surface area contributed by atoms with Gasteiger partial charge in [0.25, 0.3) is 0 Å². The minimum absolute atomic E-state index is 1.08. The number of halogens is 2. The maximum atomic E-state index is 3.51. The van der Waals surface area contributed by atoms with Gasteiger partial charge in [-0.15, -0.1) is 0 Å². The molecule has 0 atom stereocenters. The van der Waals surface area contributed by atoms with Crippen molar-refractivity contribution in [2.45, 2.75) is 0 Å². The van der Waals surface area contributed by atoms with E-state index in [1.165, 1.54) is 5.39 Å². The summed E-state index contributed by atoms with van der Waals surface area (Å²) in [6.07, 6.45) is 0. The molecule has 0 aliphatic heterocycles. The molecule has 0 bridgehead atoms. The Balaban J connectivity index is 2.91. The van der Waals surface area contributed by atoms with Crippen LogP contribution in [0.3, 0.4) is 0 Å². The first-order valence-electron chi connectivity index (χ1n) is 3.53. The first-order chi connectivity index (χ1) is 5.79. The quantitative estimate of drug-likeness (QED) is 0.681. The first-order valence-corrected chi connectivity index (χ1v) is 5.12. The Morgan fingerprint density at radius 1 is 1.08 bits per heavy atom. The van der Waals surface area contributed by atoms with Crippen LogP contribution in [0.4, 0.5) is 0 Å². The van der Waals surface area contributed by atoms with E-state index in [1.54, 1.807) is 0 Å². The SMILES string of the molecule is Brc1ccc2[c]cccc2c1Br. The molecular weight excluding hydrogens is 280 g/mol. The van der Waals surface area contributed by atoms with Gasteiger partial charge in [0, 0.05) is 8.95 Å². The Bertz CT molecular complexity index is 421. The Hall–Kier alpha value is -0.340. The van der Waals surface area contributed by atoms with Crippen molar-refractivity contribution in [3.8, 4) is 0 Å². The molecule has 0 aliphatic carbocycles. The zero-order chi connectivity index (χ0) is 8.55. The Kier molecular flexibility index (Phi) is 2.20. The van der Waals surface area contributed by atoms with E-state index < -0.39 is 0 Å². The second-order valence-corrected chi connectivity index (χ2v) is 4.14. The van der Waals surface area contributed by atoms with Gasteiger partial charge in [-0.2, -0.15) is 0 Å². The minimum atomic E-state index is 1.08. The van der Waals surface area contributed by atoms with Crippen molar-refractivity contribution >= 4 is 42.6 Å². The monoisotopic (exact) mass is 283 g/mol. The highest BCUT2D eigenvalue weighted by atomic mass is 79.9. The largest absolute Gasteiger partial charge is 0.0610 e. The van der Waals surface area contributed by atoms with E-state index in [0.717, 1.165) is 14.3 Å². The molecule has 59 valence electrons. The van der Waals surface area contributed by atoms with Gasteiger partial charge in [0.1, 0.15) is 0 Å². The van der Waals surface area contributed by atoms with Gasteiger partial charge in [0.15, 0.2) is 0 Å². The zero-order valence-corrected chi connectivity index (χ0v) is 9.31. The van der Waals surface area contributed by atoms with Crippen molar-refractivity contribution in [1.82, 2.24) is 0 Å². The number of hydrogen-bond acceptors (Lipinski definition) is 0. The van der Waals surface area contributed by atoms with Gasteiger partial charge < -0.3 is 0 Å². The third-order valence-electron chi connectivity index (χ3n) is 1.73. The van der Waals surface area contributed by atoms with Crippen LogP contribution in [-0.4, -0.2) is 0 Å². The van der Waals surface area contributed by atoms with Crippen LogP contribution in [0.5, 0.6) is 0 Å². The normalized spacial score (nSPS) is 10.5. The standard InChI is InChI=1S/C10H5Br2/c11-9-6-5-7-3-1-2-4-8(7)10(9)12/h1-2,4-6H. The van der Waals surface area contributed by atoms with Crippen LogP contribution >= 0.6 is 31.9 Å². The smallest absolute Gasteiger partial charge is 0.0396 e. The van der Waals surface area contributed by atoms with Gasteiger partial charge in [-0.25, -0.2) is 0 Å². The predicted octanol–water partition coefficient (Wildman–Crippen LogP) is 4.16. The van der Waals surface area contributed by atoms with Crippen molar-refractivity contribution in [3.05, 3.63) is 45.3 Å². The summed E-state index contributed by atoms with van der Waals surface area (Å²) in [4.78, 5) is 0. The Morgan fingerprint density at radius 2 is 1.92 bits per heavy atom. The third kappa shape index (κ3) is 1.29. The summed E-state index contributed by atoms with van der Waals surface area (Å²) in [5, 5.41) is 2.32. The lowest BCUT2D eigenvalue weighted by atomic mass is 10.1. The summed E-state index contributed by atoms with van der Waals surface area (Å²) in [6, 6.07) is 13.2. The zero-order valence-electron chi connectivity index (χ0n) is 6.14. The summed E-state index contributed by atoms with van der Waals surface area (Å²) >= 11 is 6.97. The fourth-order valence-corrected chi connectivity index (χ4v) is 1.96. The second kappa shape index (κ2) is 3.19. The number of hydrogen-bond donors (Lipinski definition) is 0. The molecule has 0 heterocycles. The minimum Gasteiger partial charge on any atom is -0.0610 e. The molecule has 2 aromatic rings. The van der Waals surface area contributed by atoms with Crippen molar-refractivity contribution in [3.63, 3.8) is 0 Å². The van der Waals surface area contributed by atoms with E-state index in [2.05, 4.69) is 44.0 Å². The topological polar surface area (TPSA) is 0 Å². The fraction of sp³-hybridized carbons (Fsp3) is 0. The number of benzene rings is 2. The lowest BCUT2D eigenvalue weighted by Crippen LogP contribution is -1.75. The van der Waals surface area contributed by atoms with E-state index >= 15 is 0 Å². The van der Waals surface area contributed by atoms with Gasteiger partial charge in [0.2, 0.25) is 0 Å². The molecular formula is C10H5Br2. The average molecular weight is 285 g/mol. The molecule has 2 aromatic carbocycles. The molecule has 0 spiro atoms. The fourth-order valence-electron chi connectivity index (χ4n) is 1.14. The van der Waals surface area contributed by atoms with Gasteiger partial charge in [-0.3, -0.25) is 0 Å². The first kappa shape index (κ1) is 8.27. The molecule has 0 N–H and O–H groups in total. The van der Waals surface area contributed by atoms with Crippen molar-refractivity contribution in [2.75, 3.05) is 0 Å². The number of fused-ring (bicyclic) bond motifs is 1. The van der Waals surface area contributed by atoms with Crippen LogP contribution in [-0.2, 0) is 0 Å². The van der Waals surface area contributed by atoms with Crippen LogP contribution in [0.25, 0.3) is 10.8 Å². The van der Waals surface area contributed by atoms with E-state index in [4.69, 9.17) is 0 Å². The highest BCUT2D eigenvalue weighted by Gasteiger charge is 2.00. The molecule has 0 aromatic heterocycles. The molecule has 0 unspecified atom stereocenters.